The topological polar surface area (TPSA) is 77.4 Å². The van der Waals surface area contributed by atoms with Gasteiger partial charge in [0.05, 0.1) is 11.1 Å². The van der Waals surface area contributed by atoms with Crippen LogP contribution in [0.25, 0.3) is 0 Å². The summed E-state index contributed by atoms with van der Waals surface area (Å²) in [7, 11) is 1.62. The maximum atomic E-state index is 13.1. The lowest BCUT2D eigenvalue weighted by Crippen LogP contribution is -2.50. The standard InChI is InChI=1S/C23H27F3N4O3/c1-33-15-3-10-27-22(28-19-8-6-17(7-9-19)21(31)32)30-13-11-29(12-14-30)20-5-2-4-18(16-20)23(24,25)26/h2,4-9,16H,3,10-15H2,1H3,(H,27,28)(H,31,32). The van der Waals surface area contributed by atoms with Crippen LogP contribution in [0.2, 0.25) is 0 Å². The van der Waals surface area contributed by atoms with Crippen LogP contribution >= 0.6 is 0 Å². The second-order valence-corrected chi connectivity index (χ2v) is 7.58. The molecule has 7 nitrogen and oxygen atoms in total. The van der Waals surface area contributed by atoms with Crippen molar-refractivity contribution >= 4 is 23.3 Å². The first-order chi connectivity index (χ1) is 15.8. The molecule has 0 amide bonds. The molecule has 0 spiro atoms. The molecule has 2 aromatic carbocycles. The number of piperazine rings is 1. The molecule has 1 aliphatic heterocycles. The maximum absolute atomic E-state index is 13.1. The minimum absolute atomic E-state index is 0.189. The average Bonchev–Trinajstić information content (AvgIpc) is 2.81. The quantitative estimate of drug-likeness (QED) is 0.366. The number of methoxy groups -OCH3 is 1. The van der Waals surface area contributed by atoms with Crippen molar-refractivity contribution < 1.29 is 27.8 Å². The van der Waals surface area contributed by atoms with Gasteiger partial charge in [0.2, 0.25) is 0 Å². The molecule has 10 heteroatoms. The number of anilines is 2. The molecule has 0 unspecified atom stereocenters. The number of carboxylic acid groups (broad SMARTS) is 1. The molecule has 0 bridgehead atoms. The Hall–Kier alpha value is -3.27. The molecule has 0 aliphatic carbocycles. The van der Waals surface area contributed by atoms with Crippen molar-refractivity contribution in [1.29, 1.82) is 0 Å². The average molecular weight is 464 g/mol. The van der Waals surface area contributed by atoms with Crippen molar-refractivity contribution in [3.8, 4) is 0 Å². The molecule has 0 radical (unpaired) electrons. The van der Waals surface area contributed by atoms with E-state index in [4.69, 9.17) is 9.84 Å². The number of alkyl halides is 3. The molecule has 33 heavy (non-hydrogen) atoms. The fourth-order valence-electron chi connectivity index (χ4n) is 3.49. The van der Waals surface area contributed by atoms with Crippen LogP contribution in [0.3, 0.4) is 0 Å². The highest BCUT2D eigenvalue weighted by molar-refractivity contribution is 5.95. The zero-order chi connectivity index (χ0) is 23.8. The van der Waals surface area contributed by atoms with Gasteiger partial charge in [0.15, 0.2) is 5.96 Å². The van der Waals surface area contributed by atoms with E-state index in [9.17, 15) is 18.0 Å². The number of aliphatic imine (C=N–C) groups is 1. The zero-order valence-electron chi connectivity index (χ0n) is 18.3. The molecule has 0 aromatic heterocycles. The van der Waals surface area contributed by atoms with Gasteiger partial charge in [-0.05, 0) is 48.9 Å². The largest absolute Gasteiger partial charge is 0.478 e. The normalized spacial score (nSPS) is 15.0. The first kappa shape index (κ1) is 24.4. The lowest BCUT2D eigenvalue weighted by molar-refractivity contribution is -0.137. The summed E-state index contributed by atoms with van der Waals surface area (Å²) in [4.78, 5) is 19.7. The number of halogens is 3. The van der Waals surface area contributed by atoms with Crippen LogP contribution in [0.5, 0.6) is 0 Å². The molecule has 0 saturated carbocycles. The van der Waals surface area contributed by atoms with Crippen molar-refractivity contribution in [2.75, 3.05) is 56.7 Å². The van der Waals surface area contributed by atoms with Crippen molar-refractivity contribution in [3.05, 3.63) is 59.7 Å². The third kappa shape index (κ3) is 6.85. The minimum atomic E-state index is -4.38. The first-order valence-electron chi connectivity index (χ1n) is 10.6. The molecule has 2 aromatic rings. The van der Waals surface area contributed by atoms with Crippen LogP contribution in [0.4, 0.5) is 24.5 Å². The molecule has 178 valence electrons. The fraction of sp³-hybridized carbons (Fsp3) is 0.391. The molecule has 1 saturated heterocycles. The van der Waals surface area contributed by atoms with Crippen LogP contribution in [0.1, 0.15) is 22.3 Å². The van der Waals surface area contributed by atoms with Crippen molar-refractivity contribution in [2.45, 2.75) is 12.6 Å². The van der Waals surface area contributed by atoms with Crippen LogP contribution in [-0.4, -0.2) is 68.4 Å². The van der Waals surface area contributed by atoms with E-state index in [1.807, 2.05) is 9.80 Å². The molecule has 2 N–H and O–H groups in total. The van der Waals surface area contributed by atoms with Gasteiger partial charge in [-0.1, -0.05) is 6.07 Å². The molecular weight excluding hydrogens is 437 g/mol. The summed E-state index contributed by atoms with van der Waals surface area (Å²) in [5.74, 6) is -0.362. The highest BCUT2D eigenvalue weighted by Gasteiger charge is 2.31. The summed E-state index contributed by atoms with van der Waals surface area (Å²) in [5, 5.41) is 12.3. The predicted octanol–water partition coefficient (Wildman–Crippen LogP) is 4.03. The van der Waals surface area contributed by atoms with Crippen LogP contribution in [0.15, 0.2) is 53.5 Å². The van der Waals surface area contributed by atoms with Gasteiger partial charge < -0.3 is 25.0 Å². The van der Waals surface area contributed by atoms with Gasteiger partial charge in [-0.15, -0.1) is 0 Å². The van der Waals surface area contributed by atoms with Gasteiger partial charge in [-0.25, -0.2) is 4.79 Å². The summed E-state index contributed by atoms with van der Waals surface area (Å²) in [6, 6.07) is 11.7. The van der Waals surface area contributed by atoms with Crippen LogP contribution in [0, 0.1) is 0 Å². The third-order valence-corrected chi connectivity index (χ3v) is 5.27. The van der Waals surface area contributed by atoms with E-state index in [1.165, 1.54) is 24.3 Å². The van der Waals surface area contributed by atoms with Gasteiger partial charge in [0, 0.05) is 57.8 Å². The van der Waals surface area contributed by atoms with Crippen molar-refractivity contribution in [1.82, 2.24) is 4.90 Å². The Kier molecular flexibility index (Phi) is 8.16. The smallest absolute Gasteiger partial charge is 0.416 e. The van der Waals surface area contributed by atoms with E-state index < -0.39 is 17.7 Å². The van der Waals surface area contributed by atoms with Gasteiger partial charge in [-0.3, -0.25) is 4.99 Å². The van der Waals surface area contributed by atoms with Gasteiger partial charge >= 0.3 is 12.1 Å². The highest BCUT2D eigenvalue weighted by atomic mass is 19.4. The monoisotopic (exact) mass is 464 g/mol. The van der Waals surface area contributed by atoms with E-state index in [1.54, 1.807) is 25.3 Å². The van der Waals surface area contributed by atoms with Crippen LogP contribution < -0.4 is 10.2 Å². The Balaban J connectivity index is 1.68. The molecule has 0 atom stereocenters. The van der Waals surface area contributed by atoms with Crippen LogP contribution in [-0.2, 0) is 10.9 Å². The molecule has 1 fully saturated rings. The van der Waals surface area contributed by atoms with E-state index in [-0.39, 0.29) is 5.56 Å². The number of hydrogen-bond donors (Lipinski definition) is 2. The molecule has 1 heterocycles. The fourth-order valence-corrected chi connectivity index (χ4v) is 3.49. The number of nitrogens with one attached hydrogen (secondary N) is 1. The minimum Gasteiger partial charge on any atom is -0.478 e. The van der Waals surface area contributed by atoms with E-state index in [0.29, 0.717) is 56.7 Å². The second-order valence-electron chi connectivity index (χ2n) is 7.58. The Labute approximate surface area is 190 Å². The SMILES string of the molecule is COCCCN=C(Nc1ccc(C(=O)O)cc1)N1CCN(c2cccc(C(F)(F)F)c2)CC1. The summed E-state index contributed by atoms with van der Waals surface area (Å²) < 4.78 is 44.3. The van der Waals surface area contributed by atoms with Gasteiger partial charge in [-0.2, -0.15) is 13.2 Å². The number of rotatable bonds is 7. The van der Waals surface area contributed by atoms with Crippen molar-refractivity contribution in [2.24, 2.45) is 4.99 Å². The summed E-state index contributed by atoms with van der Waals surface area (Å²) in [6.07, 6.45) is -3.64. The molecule has 3 rings (SSSR count). The molecule has 1 aliphatic rings. The summed E-state index contributed by atoms with van der Waals surface area (Å²) in [5.41, 5.74) is 0.772. The Morgan fingerprint density at radius 2 is 1.82 bits per heavy atom. The maximum Gasteiger partial charge on any atom is 0.416 e. The second kappa shape index (κ2) is 11.0. The number of aromatic carboxylic acids is 1. The number of carboxylic acids is 1. The lowest BCUT2D eigenvalue weighted by Gasteiger charge is -2.38. The van der Waals surface area contributed by atoms with E-state index in [2.05, 4.69) is 10.3 Å². The third-order valence-electron chi connectivity index (χ3n) is 5.27. The van der Waals surface area contributed by atoms with Gasteiger partial charge in [0.25, 0.3) is 0 Å². The number of nitrogens with zero attached hydrogens (tertiary/aromatic N) is 3. The predicted molar refractivity (Wildman–Crippen MR) is 121 cm³/mol. The Morgan fingerprint density at radius 1 is 1.12 bits per heavy atom. The molecular formula is C23H27F3N4O3. The Morgan fingerprint density at radius 3 is 2.42 bits per heavy atom. The van der Waals surface area contributed by atoms with E-state index >= 15 is 0 Å². The Bertz CT molecular complexity index is 956. The van der Waals surface area contributed by atoms with Crippen molar-refractivity contribution in [3.63, 3.8) is 0 Å². The highest BCUT2D eigenvalue weighted by Crippen LogP contribution is 2.31. The lowest BCUT2D eigenvalue weighted by atomic mass is 10.1. The van der Waals surface area contributed by atoms with Gasteiger partial charge in [0.1, 0.15) is 0 Å². The number of benzene rings is 2. The first-order valence-corrected chi connectivity index (χ1v) is 10.6. The summed E-state index contributed by atoms with van der Waals surface area (Å²) >= 11 is 0. The number of hydrogen-bond acceptors (Lipinski definition) is 4. The zero-order valence-corrected chi connectivity index (χ0v) is 18.3. The van der Waals surface area contributed by atoms with E-state index in [0.717, 1.165) is 12.5 Å². The number of ether oxygens (including phenoxy) is 1. The summed E-state index contributed by atoms with van der Waals surface area (Å²) in [6.45, 7) is 3.33. The number of carbonyl (C=O) groups is 1. The number of guanidine groups is 1.